The Morgan fingerprint density at radius 1 is 1.33 bits per heavy atom. The fourth-order valence-corrected chi connectivity index (χ4v) is 4.54. The van der Waals surface area contributed by atoms with Crippen LogP contribution in [0.5, 0.6) is 0 Å². The van der Waals surface area contributed by atoms with Crippen LogP contribution < -0.4 is 0 Å². The highest BCUT2D eigenvalue weighted by Crippen LogP contribution is 2.20. The Morgan fingerprint density at radius 3 is 2.22 bits per heavy atom. The van der Waals surface area contributed by atoms with Gasteiger partial charge in [0, 0.05) is 18.2 Å². The van der Waals surface area contributed by atoms with Crippen molar-refractivity contribution in [2.75, 3.05) is 18.2 Å². The van der Waals surface area contributed by atoms with Gasteiger partial charge in [-0.2, -0.15) is 0 Å². The first-order chi connectivity index (χ1) is 4.11. The van der Waals surface area contributed by atoms with E-state index in [1.165, 1.54) is 18.2 Å². The van der Waals surface area contributed by atoms with E-state index in [1.54, 1.807) is 0 Å². The summed E-state index contributed by atoms with van der Waals surface area (Å²) in [5, 5.41) is 0. The summed E-state index contributed by atoms with van der Waals surface area (Å²) in [4.78, 5) is 0. The first-order valence-corrected chi connectivity index (χ1v) is 8.04. The Balaban J connectivity index is 2.42. The van der Waals surface area contributed by atoms with Crippen LogP contribution in [0.3, 0.4) is 0 Å². The van der Waals surface area contributed by atoms with Crippen LogP contribution in [0, 0.1) is 0 Å². The van der Waals surface area contributed by atoms with Gasteiger partial charge in [-0.3, -0.25) is 0 Å². The molecule has 0 aromatic rings. The third-order valence-corrected chi connectivity index (χ3v) is 5.18. The van der Waals surface area contributed by atoms with Crippen molar-refractivity contribution >= 4 is 20.0 Å². The summed E-state index contributed by atoms with van der Waals surface area (Å²) in [5.74, 6) is 2.64. The maximum atomic E-state index is 2.65. The van der Waals surface area contributed by atoms with E-state index in [0.29, 0.717) is 0 Å². The number of rotatable bonds is 1. The van der Waals surface area contributed by atoms with E-state index in [0.717, 1.165) is 0 Å². The van der Waals surface area contributed by atoms with Crippen molar-refractivity contribution in [3.05, 3.63) is 0 Å². The fourth-order valence-electron chi connectivity index (χ4n) is 0.943. The van der Waals surface area contributed by atoms with E-state index in [9.17, 15) is 0 Å². The first kappa shape index (κ1) is 7.63. The monoisotopic (exact) mass is 161 g/mol. The lowest BCUT2D eigenvalue weighted by Crippen LogP contribution is -2.43. The van der Waals surface area contributed by atoms with Crippen molar-refractivity contribution in [2.45, 2.75) is 19.6 Å². The van der Waals surface area contributed by atoms with Gasteiger partial charge in [-0.05, 0) is 0 Å². The Kier molecular flexibility index (Phi) is 2.24. The molecular weight excluding hydrogens is 146 g/mol. The van der Waals surface area contributed by atoms with Crippen LogP contribution in [-0.4, -0.2) is 31.0 Å². The highest BCUT2D eigenvalue weighted by atomic mass is 32.2. The van der Waals surface area contributed by atoms with Gasteiger partial charge < -0.3 is 4.57 Å². The van der Waals surface area contributed by atoms with Crippen molar-refractivity contribution < 1.29 is 0 Å². The predicted molar refractivity (Wildman–Crippen MR) is 47.4 cm³/mol. The maximum absolute atomic E-state index is 2.65. The molecule has 0 aliphatic carbocycles. The fraction of sp³-hybridized carbons (Fsp3) is 1.00. The summed E-state index contributed by atoms with van der Waals surface area (Å²) >= 11 is 2.07. The SMILES string of the molecule is C[Si](C)(C)N1CCSC1. The van der Waals surface area contributed by atoms with E-state index in [4.69, 9.17) is 0 Å². The lowest BCUT2D eigenvalue weighted by Gasteiger charge is -2.28. The van der Waals surface area contributed by atoms with Gasteiger partial charge in [0.25, 0.3) is 0 Å². The van der Waals surface area contributed by atoms with Crippen molar-refractivity contribution in [1.29, 1.82) is 0 Å². The average molecular weight is 161 g/mol. The molecule has 1 heterocycles. The summed E-state index contributed by atoms with van der Waals surface area (Å²) in [6.07, 6.45) is 0. The molecule has 0 aromatic carbocycles. The van der Waals surface area contributed by atoms with E-state index in [2.05, 4.69) is 36.0 Å². The van der Waals surface area contributed by atoms with Crippen LogP contribution in [-0.2, 0) is 0 Å². The van der Waals surface area contributed by atoms with Gasteiger partial charge in [0.15, 0.2) is 0 Å². The van der Waals surface area contributed by atoms with Crippen molar-refractivity contribution in [2.24, 2.45) is 0 Å². The molecule has 0 spiro atoms. The van der Waals surface area contributed by atoms with Crippen LogP contribution in [0.4, 0.5) is 0 Å². The Morgan fingerprint density at radius 2 is 2.00 bits per heavy atom. The van der Waals surface area contributed by atoms with E-state index >= 15 is 0 Å². The van der Waals surface area contributed by atoms with Crippen molar-refractivity contribution in [3.63, 3.8) is 0 Å². The van der Waals surface area contributed by atoms with Gasteiger partial charge in [-0.25, -0.2) is 0 Å². The summed E-state index contributed by atoms with van der Waals surface area (Å²) in [6, 6.07) is 0. The zero-order valence-electron chi connectivity index (χ0n) is 6.48. The summed E-state index contributed by atoms with van der Waals surface area (Å²) in [6.45, 7) is 8.58. The molecule has 0 amide bonds. The smallest absolute Gasteiger partial charge is 0.120 e. The van der Waals surface area contributed by atoms with Gasteiger partial charge in [-0.1, -0.05) is 19.6 Å². The van der Waals surface area contributed by atoms with Gasteiger partial charge in [0.2, 0.25) is 0 Å². The molecule has 1 rings (SSSR count). The molecule has 0 N–H and O–H groups in total. The summed E-state index contributed by atoms with van der Waals surface area (Å²) in [5.41, 5.74) is 0. The zero-order chi connectivity index (χ0) is 6.91. The van der Waals surface area contributed by atoms with Gasteiger partial charge >= 0.3 is 0 Å². The van der Waals surface area contributed by atoms with Crippen LogP contribution in [0.2, 0.25) is 19.6 Å². The molecule has 3 heteroatoms. The molecule has 1 aliphatic rings. The van der Waals surface area contributed by atoms with Gasteiger partial charge in [0.05, 0.1) is 0 Å². The lowest BCUT2D eigenvalue weighted by molar-refractivity contribution is 0.547. The molecule has 1 saturated heterocycles. The predicted octanol–water partition coefficient (Wildman–Crippen LogP) is 1.83. The third-order valence-electron chi connectivity index (χ3n) is 1.70. The third kappa shape index (κ3) is 1.99. The summed E-state index contributed by atoms with van der Waals surface area (Å²) in [7, 11) is -0.912. The van der Waals surface area contributed by atoms with Crippen molar-refractivity contribution in [1.82, 2.24) is 4.57 Å². The molecule has 9 heavy (non-hydrogen) atoms. The first-order valence-electron chi connectivity index (χ1n) is 3.43. The van der Waals surface area contributed by atoms with Crippen LogP contribution in [0.25, 0.3) is 0 Å². The van der Waals surface area contributed by atoms with Crippen LogP contribution in [0.1, 0.15) is 0 Å². The number of nitrogens with zero attached hydrogens (tertiary/aromatic N) is 1. The Hall–Kier alpha value is 0.527. The second-order valence-corrected chi connectivity index (χ2v) is 9.52. The molecule has 0 bridgehead atoms. The molecule has 0 saturated carbocycles. The van der Waals surface area contributed by atoms with Crippen LogP contribution in [0.15, 0.2) is 0 Å². The van der Waals surface area contributed by atoms with Crippen molar-refractivity contribution in [3.8, 4) is 0 Å². The minimum atomic E-state index is -0.912. The Bertz CT molecular complexity index is 93.7. The maximum Gasteiger partial charge on any atom is 0.120 e. The molecule has 1 aliphatic heterocycles. The zero-order valence-corrected chi connectivity index (χ0v) is 8.29. The molecule has 0 radical (unpaired) electrons. The van der Waals surface area contributed by atoms with E-state index in [1.807, 2.05) is 0 Å². The number of hydrogen-bond donors (Lipinski definition) is 0. The average Bonchev–Trinajstić information content (AvgIpc) is 2.08. The molecule has 1 fully saturated rings. The second-order valence-electron chi connectivity index (χ2n) is 3.47. The molecule has 1 nitrogen and oxygen atoms in total. The van der Waals surface area contributed by atoms with Crippen LogP contribution >= 0.6 is 11.8 Å². The standard InChI is InChI=1S/C6H15NSSi/c1-9(2,3)7-4-5-8-6-7/h4-6H2,1-3H3. The second kappa shape index (κ2) is 2.64. The molecule has 0 aromatic heterocycles. The summed E-state index contributed by atoms with van der Waals surface area (Å²) < 4.78 is 2.65. The molecular formula is C6H15NSSi. The minimum Gasteiger partial charge on any atom is -0.315 e. The highest BCUT2D eigenvalue weighted by Gasteiger charge is 2.25. The van der Waals surface area contributed by atoms with E-state index < -0.39 is 8.24 Å². The lowest BCUT2D eigenvalue weighted by atomic mass is 10.8. The molecule has 0 unspecified atom stereocenters. The molecule has 0 atom stereocenters. The Labute approximate surface area is 62.9 Å². The van der Waals surface area contributed by atoms with Gasteiger partial charge in [-0.15, -0.1) is 11.8 Å². The topological polar surface area (TPSA) is 3.24 Å². The largest absolute Gasteiger partial charge is 0.315 e. The minimum absolute atomic E-state index is 0.912. The van der Waals surface area contributed by atoms with E-state index in [-0.39, 0.29) is 0 Å². The number of hydrogen-bond acceptors (Lipinski definition) is 2. The van der Waals surface area contributed by atoms with Gasteiger partial charge in [0.1, 0.15) is 8.24 Å². The number of thioether (sulfide) groups is 1. The highest BCUT2D eigenvalue weighted by molar-refractivity contribution is 7.99. The normalized spacial score (nSPS) is 23.0. The quantitative estimate of drug-likeness (QED) is 0.540. The molecule has 54 valence electrons.